The van der Waals surface area contributed by atoms with Gasteiger partial charge in [0.1, 0.15) is 0 Å². The van der Waals surface area contributed by atoms with Gasteiger partial charge in [-0.2, -0.15) is 0 Å². The van der Waals surface area contributed by atoms with Gasteiger partial charge in [0.15, 0.2) is 5.82 Å². The third kappa shape index (κ3) is 3.96. The molecule has 0 radical (unpaired) electrons. The molecule has 0 spiro atoms. The lowest BCUT2D eigenvalue weighted by Gasteiger charge is -2.24. The molecule has 1 unspecified atom stereocenters. The zero-order valence-corrected chi connectivity index (χ0v) is 17.3. The van der Waals surface area contributed by atoms with Gasteiger partial charge in [-0.25, -0.2) is 4.98 Å². The van der Waals surface area contributed by atoms with Crippen LogP contribution in [0, 0.1) is 0 Å². The van der Waals surface area contributed by atoms with Crippen LogP contribution in [-0.2, 0) is 0 Å². The molecule has 1 heterocycles. The summed E-state index contributed by atoms with van der Waals surface area (Å²) in [5, 5.41) is 3.89. The van der Waals surface area contributed by atoms with Crippen LogP contribution in [0.4, 0.5) is 5.69 Å². The van der Waals surface area contributed by atoms with Crippen molar-refractivity contribution < 1.29 is 4.84 Å². The van der Waals surface area contributed by atoms with Crippen LogP contribution in [0.5, 0.6) is 0 Å². The Morgan fingerprint density at radius 2 is 1.31 bits per heavy atom. The first-order valence-corrected chi connectivity index (χ1v) is 10.4. The minimum Gasteiger partial charge on any atom is -0.379 e. The Bertz CT molecular complexity index is 1380. The fourth-order valence-corrected chi connectivity index (χ4v) is 3.57. The molecule has 0 saturated carbocycles. The second kappa shape index (κ2) is 8.78. The van der Waals surface area contributed by atoms with E-state index in [2.05, 4.69) is 5.32 Å². The molecule has 1 atom stereocenters. The Hall–Kier alpha value is -4.38. The van der Waals surface area contributed by atoms with Crippen LogP contribution >= 0.6 is 0 Å². The van der Waals surface area contributed by atoms with E-state index in [4.69, 9.17) is 9.82 Å². The van der Waals surface area contributed by atoms with Gasteiger partial charge in [0.05, 0.1) is 10.9 Å². The average molecular weight is 419 g/mol. The number of rotatable bonds is 6. The molecule has 5 heteroatoms. The Morgan fingerprint density at radius 3 is 2.03 bits per heavy atom. The van der Waals surface area contributed by atoms with Crippen molar-refractivity contribution in [1.29, 1.82) is 0 Å². The van der Waals surface area contributed by atoms with Crippen LogP contribution in [-0.4, -0.2) is 9.71 Å². The SMILES string of the molecule is O=c1c2ccccc2nc(-c2ccccc2)n1OC(Nc1ccccc1)c1ccccc1. The molecule has 5 rings (SSSR count). The zero-order valence-electron chi connectivity index (χ0n) is 17.3. The van der Waals surface area contributed by atoms with Crippen LogP contribution < -0.4 is 15.7 Å². The Balaban J connectivity index is 1.66. The number of nitrogens with one attached hydrogen (secondary N) is 1. The summed E-state index contributed by atoms with van der Waals surface area (Å²) in [5.41, 5.74) is 2.93. The van der Waals surface area contributed by atoms with Crippen molar-refractivity contribution in [1.82, 2.24) is 9.71 Å². The molecule has 5 nitrogen and oxygen atoms in total. The molecule has 0 aliphatic heterocycles. The van der Waals surface area contributed by atoms with E-state index < -0.39 is 6.23 Å². The predicted octanol–water partition coefficient (Wildman–Crippen LogP) is 5.30. The summed E-state index contributed by atoms with van der Waals surface area (Å²) in [6.45, 7) is 0. The molecule has 0 bridgehead atoms. The summed E-state index contributed by atoms with van der Waals surface area (Å²) in [7, 11) is 0. The molecule has 1 N–H and O–H groups in total. The van der Waals surface area contributed by atoms with E-state index in [1.165, 1.54) is 4.73 Å². The number of fused-ring (bicyclic) bond motifs is 1. The summed E-state index contributed by atoms with van der Waals surface area (Å²) in [4.78, 5) is 24.6. The van der Waals surface area contributed by atoms with Crippen LogP contribution in [0.15, 0.2) is 120 Å². The van der Waals surface area contributed by atoms with Crippen LogP contribution in [0.3, 0.4) is 0 Å². The van der Waals surface area contributed by atoms with Crippen molar-refractivity contribution in [2.45, 2.75) is 6.23 Å². The molecule has 1 aromatic heterocycles. The van der Waals surface area contributed by atoms with Gasteiger partial charge in [-0.3, -0.25) is 4.79 Å². The molecular weight excluding hydrogens is 398 g/mol. The van der Waals surface area contributed by atoms with Gasteiger partial charge < -0.3 is 10.2 Å². The van der Waals surface area contributed by atoms with Crippen molar-refractivity contribution in [2.24, 2.45) is 0 Å². The van der Waals surface area contributed by atoms with Crippen molar-refractivity contribution in [3.8, 4) is 11.4 Å². The molecule has 32 heavy (non-hydrogen) atoms. The second-order valence-corrected chi connectivity index (χ2v) is 7.32. The highest BCUT2D eigenvalue weighted by atomic mass is 16.7. The van der Waals surface area contributed by atoms with E-state index in [0.717, 1.165) is 16.8 Å². The number of hydrogen-bond acceptors (Lipinski definition) is 4. The third-order valence-electron chi connectivity index (χ3n) is 5.15. The molecule has 0 saturated heterocycles. The van der Waals surface area contributed by atoms with E-state index in [1.54, 1.807) is 6.07 Å². The van der Waals surface area contributed by atoms with Crippen LogP contribution in [0.2, 0.25) is 0 Å². The lowest BCUT2D eigenvalue weighted by molar-refractivity contribution is 0.0490. The Labute approximate surface area is 185 Å². The first-order valence-electron chi connectivity index (χ1n) is 10.4. The van der Waals surface area contributed by atoms with Gasteiger partial charge in [0, 0.05) is 16.8 Å². The normalized spacial score (nSPS) is 11.8. The van der Waals surface area contributed by atoms with Gasteiger partial charge in [0.25, 0.3) is 5.56 Å². The summed E-state index contributed by atoms with van der Waals surface area (Å²) in [6, 6.07) is 36.4. The highest BCUT2D eigenvalue weighted by Gasteiger charge is 2.20. The van der Waals surface area contributed by atoms with Crippen LogP contribution in [0.1, 0.15) is 11.8 Å². The molecule has 0 aliphatic carbocycles. The van der Waals surface area contributed by atoms with E-state index in [-0.39, 0.29) is 5.56 Å². The maximum absolute atomic E-state index is 13.5. The number of aromatic nitrogens is 2. The maximum atomic E-state index is 13.5. The third-order valence-corrected chi connectivity index (χ3v) is 5.15. The first-order chi connectivity index (χ1) is 15.8. The Kier molecular flexibility index (Phi) is 5.37. The minimum atomic E-state index is -0.610. The smallest absolute Gasteiger partial charge is 0.294 e. The van der Waals surface area contributed by atoms with Crippen LogP contribution in [0.25, 0.3) is 22.3 Å². The highest BCUT2D eigenvalue weighted by Crippen LogP contribution is 2.22. The minimum absolute atomic E-state index is 0.259. The largest absolute Gasteiger partial charge is 0.379 e. The Morgan fingerprint density at radius 1 is 0.719 bits per heavy atom. The monoisotopic (exact) mass is 419 g/mol. The van der Waals surface area contributed by atoms with Crippen molar-refractivity contribution >= 4 is 16.6 Å². The summed E-state index contributed by atoms with van der Waals surface area (Å²) in [6.07, 6.45) is -0.610. The van der Waals surface area contributed by atoms with Gasteiger partial charge in [-0.05, 0) is 24.3 Å². The lowest BCUT2D eigenvalue weighted by Crippen LogP contribution is -2.34. The van der Waals surface area contributed by atoms with Gasteiger partial charge in [-0.15, -0.1) is 4.73 Å². The van der Waals surface area contributed by atoms with E-state index in [9.17, 15) is 4.79 Å². The second-order valence-electron chi connectivity index (χ2n) is 7.32. The topological polar surface area (TPSA) is 56.2 Å². The van der Waals surface area contributed by atoms with Gasteiger partial charge in [0.2, 0.25) is 6.23 Å². The molecule has 0 amide bonds. The average Bonchev–Trinajstić information content (AvgIpc) is 2.87. The fraction of sp³-hybridized carbons (Fsp3) is 0.0370. The molecular formula is C27H21N3O2. The molecule has 0 fully saturated rings. The maximum Gasteiger partial charge on any atom is 0.294 e. The van der Waals surface area contributed by atoms with E-state index >= 15 is 0 Å². The standard InChI is InChI=1S/C27H21N3O2/c31-27-23-18-10-11-19-24(23)29-25(20-12-4-1-5-13-20)30(27)32-26(21-14-6-2-7-15-21)28-22-16-8-3-9-17-22/h1-19,26,28H. The predicted molar refractivity (Wildman–Crippen MR) is 127 cm³/mol. The summed E-state index contributed by atoms with van der Waals surface area (Å²) in [5.74, 6) is 0.449. The zero-order chi connectivity index (χ0) is 21.8. The molecule has 0 aliphatic rings. The quantitative estimate of drug-likeness (QED) is 0.379. The van der Waals surface area contributed by atoms with Crippen molar-refractivity contribution in [2.75, 3.05) is 5.32 Å². The lowest BCUT2D eigenvalue weighted by atomic mass is 10.2. The first kappa shape index (κ1) is 19.6. The van der Waals surface area contributed by atoms with E-state index in [1.807, 2.05) is 109 Å². The molecule has 156 valence electrons. The molecule has 5 aromatic rings. The van der Waals surface area contributed by atoms with Crippen molar-refractivity contribution in [3.05, 3.63) is 131 Å². The number of para-hydroxylation sites is 2. The fourth-order valence-electron chi connectivity index (χ4n) is 3.57. The summed E-state index contributed by atoms with van der Waals surface area (Å²) >= 11 is 0. The van der Waals surface area contributed by atoms with Gasteiger partial charge >= 0.3 is 0 Å². The number of hydrogen-bond donors (Lipinski definition) is 1. The van der Waals surface area contributed by atoms with Crippen molar-refractivity contribution in [3.63, 3.8) is 0 Å². The van der Waals surface area contributed by atoms with E-state index in [0.29, 0.717) is 16.7 Å². The highest BCUT2D eigenvalue weighted by molar-refractivity contribution is 5.79. The molecule has 4 aromatic carbocycles. The number of benzene rings is 4. The number of nitrogens with zero attached hydrogens (tertiary/aromatic N) is 2. The summed E-state index contributed by atoms with van der Waals surface area (Å²) < 4.78 is 1.30. The van der Waals surface area contributed by atoms with Gasteiger partial charge in [-0.1, -0.05) is 91.0 Å². The number of anilines is 1.